The van der Waals surface area contributed by atoms with Gasteiger partial charge in [-0.25, -0.2) is 0 Å². The molecule has 1 aromatic heterocycles. The first-order chi connectivity index (χ1) is 11.6. The molecule has 0 spiro atoms. The standard InChI is InChI=1S/C18H18N4OS/c1-13-7-5-6-10-15(13)17-20-21-18(24-12-16(19)23)22(17)11-14-8-3-2-4-9-14/h2-10H,11-12H2,1H3,(H2,19,23). The lowest BCUT2D eigenvalue weighted by Crippen LogP contribution is -2.14. The normalized spacial score (nSPS) is 10.7. The smallest absolute Gasteiger partial charge is 0.227 e. The Morgan fingerprint density at radius 1 is 1.08 bits per heavy atom. The van der Waals surface area contributed by atoms with Crippen LogP contribution in [0.25, 0.3) is 11.4 Å². The molecule has 0 atom stereocenters. The first-order valence-electron chi connectivity index (χ1n) is 7.59. The summed E-state index contributed by atoms with van der Waals surface area (Å²) in [5.41, 5.74) is 8.58. The summed E-state index contributed by atoms with van der Waals surface area (Å²) in [5, 5.41) is 9.32. The second-order valence-corrected chi connectivity index (χ2v) is 6.39. The van der Waals surface area contributed by atoms with Gasteiger partial charge in [0.1, 0.15) is 0 Å². The molecule has 0 radical (unpaired) electrons. The van der Waals surface area contributed by atoms with E-state index in [0.29, 0.717) is 11.7 Å². The van der Waals surface area contributed by atoms with Gasteiger partial charge in [0.05, 0.1) is 12.3 Å². The highest BCUT2D eigenvalue weighted by molar-refractivity contribution is 7.99. The number of aromatic nitrogens is 3. The van der Waals surface area contributed by atoms with E-state index < -0.39 is 0 Å². The summed E-state index contributed by atoms with van der Waals surface area (Å²) in [6.45, 7) is 2.69. The van der Waals surface area contributed by atoms with Crippen molar-refractivity contribution in [2.24, 2.45) is 5.73 Å². The predicted octanol–water partition coefficient (Wildman–Crippen LogP) is 2.88. The van der Waals surface area contributed by atoms with Crippen LogP contribution < -0.4 is 5.73 Å². The number of aryl methyl sites for hydroxylation is 1. The summed E-state index contributed by atoms with van der Waals surface area (Å²) in [4.78, 5) is 11.1. The topological polar surface area (TPSA) is 73.8 Å². The van der Waals surface area contributed by atoms with Crippen LogP contribution in [0.1, 0.15) is 11.1 Å². The highest BCUT2D eigenvalue weighted by Gasteiger charge is 2.16. The van der Waals surface area contributed by atoms with Crippen LogP contribution in [0.4, 0.5) is 0 Å². The SMILES string of the molecule is Cc1ccccc1-c1nnc(SCC(N)=O)n1Cc1ccccc1. The molecule has 0 aliphatic rings. The fraction of sp³-hybridized carbons (Fsp3) is 0.167. The third-order valence-electron chi connectivity index (χ3n) is 3.63. The molecule has 0 aliphatic carbocycles. The molecule has 5 nitrogen and oxygen atoms in total. The maximum absolute atomic E-state index is 11.1. The number of primary amides is 1. The fourth-order valence-electron chi connectivity index (χ4n) is 2.46. The summed E-state index contributed by atoms with van der Waals surface area (Å²) in [6, 6.07) is 18.2. The summed E-state index contributed by atoms with van der Waals surface area (Å²) in [6.07, 6.45) is 0. The zero-order chi connectivity index (χ0) is 16.9. The van der Waals surface area contributed by atoms with Gasteiger partial charge in [-0.2, -0.15) is 0 Å². The van der Waals surface area contributed by atoms with Gasteiger partial charge in [0, 0.05) is 5.56 Å². The van der Waals surface area contributed by atoms with Crippen molar-refractivity contribution in [1.82, 2.24) is 14.8 Å². The average Bonchev–Trinajstić information content (AvgIpc) is 2.97. The molecule has 1 amide bonds. The van der Waals surface area contributed by atoms with E-state index in [0.717, 1.165) is 22.5 Å². The van der Waals surface area contributed by atoms with Crippen molar-refractivity contribution in [2.75, 3.05) is 5.75 Å². The van der Waals surface area contributed by atoms with Gasteiger partial charge in [0.15, 0.2) is 11.0 Å². The molecular formula is C18H18N4OS. The zero-order valence-electron chi connectivity index (χ0n) is 13.3. The molecule has 0 bridgehead atoms. The van der Waals surface area contributed by atoms with Crippen LogP contribution in [0.2, 0.25) is 0 Å². The molecule has 0 unspecified atom stereocenters. The minimum atomic E-state index is -0.369. The summed E-state index contributed by atoms with van der Waals surface area (Å²) in [7, 11) is 0. The quantitative estimate of drug-likeness (QED) is 0.701. The van der Waals surface area contributed by atoms with Crippen LogP contribution in [0, 0.1) is 6.92 Å². The maximum atomic E-state index is 11.1. The minimum absolute atomic E-state index is 0.181. The van der Waals surface area contributed by atoms with E-state index in [4.69, 9.17) is 5.73 Å². The number of nitrogens with zero attached hydrogens (tertiary/aromatic N) is 3. The van der Waals surface area contributed by atoms with Gasteiger partial charge >= 0.3 is 0 Å². The molecule has 6 heteroatoms. The largest absolute Gasteiger partial charge is 0.369 e. The molecule has 0 aliphatic heterocycles. The van der Waals surface area contributed by atoms with E-state index >= 15 is 0 Å². The number of hydrogen-bond donors (Lipinski definition) is 1. The Kier molecular flexibility index (Phi) is 4.96. The highest BCUT2D eigenvalue weighted by atomic mass is 32.2. The van der Waals surface area contributed by atoms with Crippen LogP contribution in [0.3, 0.4) is 0 Å². The Bertz CT molecular complexity index is 845. The van der Waals surface area contributed by atoms with Gasteiger partial charge in [0.2, 0.25) is 5.91 Å². The van der Waals surface area contributed by atoms with Crippen LogP contribution >= 0.6 is 11.8 Å². The molecule has 0 saturated heterocycles. The monoisotopic (exact) mass is 338 g/mol. The van der Waals surface area contributed by atoms with Gasteiger partial charge in [0.25, 0.3) is 0 Å². The second-order valence-electron chi connectivity index (χ2n) is 5.45. The number of amides is 1. The molecule has 3 aromatic rings. The van der Waals surface area contributed by atoms with Crippen molar-refractivity contribution in [1.29, 1.82) is 0 Å². The average molecular weight is 338 g/mol. The summed E-state index contributed by atoms with van der Waals surface area (Å²) >= 11 is 1.31. The zero-order valence-corrected chi connectivity index (χ0v) is 14.2. The third-order valence-corrected chi connectivity index (χ3v) is 4.62. The van der Waals surface area contributed by atoms with E-state index in [-0.39, 0.29) is 11.7 Å². The number of benzene rings is 2. The number of nitrogens with two attached hydrogens (primary N) is 1. The second kappa shape index (κ2) is 7.31. The van der Waals surface area contributed by atoms with Gasteiger partial charge in [-0.05, 0) is 18.1 Å². The van der Waals surface area contributed by atoms with Crippen molar-refractivity contribution in [3.63, 3.8) is 0 Å². The van der Waals surface area contributed by atoms with Gasteiger partial charge < -0.3 is 5.73 Å². The fourth-order valence-corrected chi connectivity index (χ4v) is 3.14. The van der Waals surface area contributed by atoms with E-state index in [1.807, 2.05) is 54.0 Å². The lowest BCUT2D eigenvalue weighted by atomic mass is 10.1. The Hall–Kier alpha value is -2.60. The van der Waals surface area contributed by atoms with Crippen LogP contribution in [0.15, 0.2) is 59.8 Å². The maximum Gasteiger partial charge on any atom is 0.227 e. The van der Waals surface area contributed by atoms with Crippen molar-refractivity contribution >= 4 is 17.7 Å². The van der Waals surface area contributed by atoms with E-state index in [2.05, 4.69) is 22.3 Å². The van der Waals surface area contributed by atoms with Gasteiger partial charge in [-0.1, -0.05) is 66.4 Å². The minimum Gasteiger partial charge on any atom is -0.369 e. The lowest BCUT2D eigenvalue weighted by molar-refractivity contribution is -0.115. The van der Waals surface area contributed by atoms with E-state index in [1.165, 1.54) is 11.8 Å². The van der Waals surface area contributed by atoms with E-state index in [9.17, 15) is 4.79 Å². The number of thioether (sulfide) groups is 1. The van der Waals surface area contributed by atoms with Gasteiger partial charge in [-0.15, -0.1) is 10.2 Å². The Labute approximate surface area is 144 Å². The van der Waals surface area contributed by atoms with Crippen molar-refractivity contribution in [3.05, 3.63) is 65.7 Å². The first-order valence-corrected chi connectivity index (χ1v) is 8.58. The molecule has 24 heavy (non-hydrogen) atoms. The molecule has 1 heterocycles. The Morgan fingerprint density at radius 2 is 1.79 bits per heavy atom. The molecule has 3 rings (SSSR count). The molecule has 0 saturated carbocycles. The number of hydrogen-bond acceptors (Lipinski definition) is 4. The predicted molar refractivity (Wildman–Crippen MR) is 95.7 cm³/mol. The number of carbonyl (C=O) groups is 1. The van der Waals surface area contributed by atoms with Crippen molar-refractivity contribution in [2.45, 2.75) is 18.6 Å². The molecule has 2 N–H and O–H groups in total. The third kappa shape index (κ3) is 3.65. The van der Waals surface area contributed by atoms with Crippen LogP contribution in [0.5, 0.6) is 0 Å². The summed E-state index contributed by atoms with van der Waals surface area (Å²) in [5.74, 6) is 0.608. The van der Waals surface area contributed by atoms with Crippen molar-refractivity contribution in [3.8, 4) is 11.4 Å². The molecule has 122 valence electrons. The summed E-state index contributed by atoms with van der Waals surface area (Å²) < 4.78 is 2.03. The van der Waals surface area contributed by atoms with E-state index in [1.54, 1.807) is 0 Å². The highest BCUT2D eigenvalue weighted by Crippen LogP contribution is 2.27. The van der Waals surface area contributed by atoms with Crippen LogP contribution in [-0.4, -0.2) is 26.4 Å². The molecule has 2 aromatic carbocycles. The lowest BCUT2D eigenvalue weighted by Gasteiger charge is -2.11. The van der Waals surface area contributed by atoms with Crippen molar-refractivity contribution < 1.29 is 4.79 Å². The molecular weight excluding hydrogens is 320 g/mol. The Balaban J connectivity index is 2.02. The number of carbonyl (C=O) groups excluding carboxylic acids is 1. The van der Waals surface area contributed by atoms with Gasteiger partial charge in [-0.3, -0.25) is 9.36 Å². The van der Waals surface area contributed by atoms with Crippen LogP contribution in [-0.2, 0) is 11.3 Å². The first kappa shape index (κ1) is 16.3. The molecule has 0 fully saturated rings. The Morgan fingerprint density at radius 3 is 2.50 bits per heavy atom. The number of rotatable bonds is 6.